The van der Waals surface area contributed by atoms with Crippen LogP contribution in [0.5, 0.6) is 0 Å². The van der Waals surface area contributed by atoms with Gasteiger partial charge in [-0.25, -0.2) is 4.98 Å². The van der Waals surface area contributed by atoms with Crippen LogP contribution in [0.15, 0.2) is 49.2 Å². The zero-order valence-corrected chi connectivity index (χ0v) is 11.4. The molecule has 1 aliphatic rings. The lowest BCUT2D eigenvalue weighted by atomic mass is 10.0. The quantitative estimate of drug-likeness (QED) is 0.863. The first-order valence-corrected chi connectivity index (χ1v) is 6.92. The molecule has 0 atom stereocenters. The van der Waals surface area contributed by atoms with Crippen molar-refractivity contribution in [2.75, 3.05) is 23.3 Å². The minimum atomic E-state index is 0.701. The van der Waals surface area contributed by atoms with Crippen LogP contribution in [0.25, 0.3) is 0 Å². The van der Waals surface area contributed by atoms with Gasteiger partial charge in [0.2, 0.25) is 5.95 Å². The average Bonchev–Trinajstić information content (AvgIpc) is 2.52. The van der Waals surface area contributed by atoms with Gasteiger partial charge in [-0.2, -0.15) is 4.98 Å². The molecule has 0 unspecified atom stereocenters. The summed E-state index contributed by atoms with van der Waals surface area (Å²) in [5.74, 6) is 1.59. The van der Waals surface area contributed by atoms with Crippen molar-refractivity contribution in [3.05, 3.63) is 54.7 Å². The Kier molecular flexibility index (Phi) is 3.63. The van der Waals surface area contributed by atoms with Gasteiger partial charge in [0.05, 0.1) is 0 Å². The molecule has 3 rings (SSSR count). The Hall–Kier alpha value is -2.36. The van der Waals surface area contributed by atoms with Gasteiger partial charge in [-0.1, -0.05) is 24.3 Å². The predicted octanol–water partition coefficient (Wildman–Crippen LogP) is 3.16. The number of aromatic nitrogens is 2. The normalized spacial score (nSPS) is 13.7. The smallest absolute Gasteiger partial charge is 0.231 e. The first-order chi connectivity index (χ1) is 9.88. The molecule has 1 aromatic heterocycles. The van der Waals surface area contributed by atoms with E-state index >= 15 is 0 Å². The molecule has 0 fully saturated rings. The predicted molar refractivity (Wildman–Crippen MR) is 82.5 cm³/mol. The highest BCUT2D eigenvalue weighted by atomic mass is 15.3. The van der Waals surface area contributed by atoms with Crippen LogP contribution in [-0.2, 0) is 6.42 Å². The highest BCUT2D eigenvalue weighted by Crippen LogP contribution is 2.31. The lowest BCUT2D eigenvalue weighted by Crippen LogP contribution is -2.26. The topological polar surface area (TPSA) is 41.1 Å². The van der Waals surface area contributed by atoms with Crippen molar-refractivity contribution in [1.29, 1.82) is 0 Å². The number of aryl methyl sites for hydroxylation is 1. The molecule has 1 aliphatic heterocycles. The van der Waals surface area contributed by atoms with E-state index < -0.39 is 0 Å². The minimum Gasteiger partial charge on any atom is -0.366 e. The number of rotatable bonds is 4. The average molecular weight is 266 g/mol. The second kappa shape index (κ2) is 5.74. The minimum absolute atomic E-state index is 0.701. The molecule has 20 heavy (non-hydrogen) atoms. The van der Waals surface area contributed by atoms with Crippen LogP contribution in [0, 0.1) is 0 Å². The number of para-hydroxylation sites is 1. The van der Waals surface area contributed by atoms with Crippen molar-refractivity contribution in [2.24, 2.45) is 0 Å². The summed E-state index contributed by atoms with van der Waals surface area (Å²) in [5, 5.41) is 3.20. The number of benzene rings is 1. The van der Waals surface area contributed by atoms with E-state index in [0.29, 0.717) is 6.54 Å². The maximum Gasteiger partial charge on any atom is 0.231 e. The third kappa shape index (κ3) is 2.50. The Morgan fingerprint density at radius 3 is 3.10 bits per heavy atom. The second-order valence-electron chi connectivity index (χ2n) is 4.80. The summed E-state index contributed by atoms with van der Waals surface area (Å²) in [5.41, 5.74) is 2.59. The Labute approximate surface area is 119 Å². The van der Waals surface area contributed by atoms with Crippen molar-refractivity contribution >= 4 is 17.5 Å². The Balaban J connectivity index is 1.92. The van der Waals surface area contributed by atoms with Gasteiger partial charge >= 0.3 is 0 Å². The highest BCUT2D eigenvalue weighted by Gasteiger charge is 2.19. The zero-order valence-electron chi connectivity index (χ0n) is 11.4. The van der Waals surface area contributed by atoms with E-state index in [2.05, 4.69) is 51.0 Å². The maximum atomic E-state index is 4.59. The van der Waals surface area contributed by atoms with E-state index in [4.69, 9.17) is 0 Å². The van der Waals surface area contributed by atoms with E-state index in [0.717, 1.165) is 31.2 Å². The molecule has 0 amide bonds. The maximum absolute atomic E-state index is 4.59. The van der Waals surface area contributed by atoms with Crippen LogP contribution in [0.3, 0.4) is 0 Å². The molecule has 102 valence electrons. The number of nitrogens with zero attached hydrogens (tertiary/aromatic N) is 3. The van der Waals surface area contributed by atoms with Crippen molar-refractivity contribution in [3.8, 4) is 0 Å². The van der Waals surface area contributed by atoms with Crippen LogP contribution in [0.4, 0.5) is 17.5 Å². The summed E-state index contributed by atoms with van der Waals surface area (Å²) in [7, 11) is 0. The lowest BCUT2D eigenvalue weighted by Gasteiger charge is -2.29. The first kappa shape index (κ1) is 12.7. The van der Waals surface area contributed by atoms with Crippen LogP contribution >= 0.6 is 0 Å². The monoisotopic (exact) mass is 266 g/mol. The van der Waals surface area contributed by atoms with Gasteiger partial charge in [0.25, 0.3) is 0 Å². The molecule has 4 heteroatoms. The SMILES string of the molecule is C=CCNc1ccnc(N2CCCc3ccccc32)n1. The fourth-order valence-corrected chi connectivity index (χ4v) is 2.50. The molecule has 0 saturated carbocycles. The summed E-state index contributed by atoms with van der Waals surface area (Å²) in [6.07, 6.45) is 5.87. The molecule has 0 saturated heterocycles. The molecule has 4 nitrogen and oxygen atoms in total. The molecule has 1 aromatic carbocycles. The van der Waals surface area contributed by atoms with Crippen molar-refractivity contribution in [1.82, 2.24) is 9.97 Å². The molecule has 0 bridgehead atoms. The Bertz CT molecular complexity index is 609. The van der Waals surface area contributed by atoms with Gasteiger partial charge in [0.15, 0.2) is 0 Å². The summed E-state index contributed by atoms with van der Waals surface area (Å²) in [6, 6.07) is 10.4. The largest absolute Gasteiger partial charge is 0.366 e. The number of fused-ring (bicyclic) bond motifs is 1. The number of nitrogens with one attached hydrogen (secondary N) is 1. The van der Waals surface area contributed by atoms with Crippen molar-refractivity contribution in [3.63, 3.8) is 0 Å². The fraction of sp³-hybridized carbons (Fsp3) is 0.250. The third-order valence-electron chi connectivity index (χ3n) is 3.42. The molecule has 0 aliphatic carbocycles. The number of hydrogen-bond acceptors (Lipinski definition) is 4. The van der Waals surface area contributed by atoms with Crippen LogP contribution in [0.2, 0.25) is 0 Å². The molecule has 0 radical (unpaired) electrons. The summed E-state index contributed by atoms with van der Waals surface area (Å²) < 4.78 is 0. The first-order valence-electron chi connectivity index (χ1n) is 6.92. The Morgan fingerprint density at radius 2 is 2.20 bits per heavy atom. The standard InChI is InChI=1S/C16H18N4/c1-2-10-17-15-9-11-18-16(19-15)20-12-5-7-13-6-3-4-8-14(13)20/h2-4,6,8-9,11H,1,5,7,10,12H2,(H,17,18,19). The van der Waals surface area contributed by atoms with Crippen molar-refractivity contribution < 1.29 is 0 Å². The number of anilines is 3. The fourth-order valence-electron chi connectivity index (χ4n) is 2.50. The van der Waals surface area contributed by atoms with E-state index in [9.17, 15) is 0 Å². The van der Waals surface area contributed by atoms with E-state index in [-0.39, 0.29) is 0 Å². The zero-order chi connectivity index (χ0) is 13.8. The van der Waals surface area contributed by atoms with E-state index in [1.165, 1.54) is 11.3 Å². The van der Waals surface area contributed by atoms with Gasteiger partial charge in [-0.05, 0) is 30.5 Å². The van der Waals surface area contributed by atoms with Crippen LogP contribution in [0.1, 0.15) is 12.0 Å². The van der Waals surface area contributed by atoms with Gasteiger partial charge in [-0.3, -0.25) is 0 Å². The second-order valence-corrected chi connectivity index (χ2v) is 4.80. The summed E-state index contributed by atoms with van der Waals surface area (Å²) >= 11 is 0. The summed E-state index contributed by atoms with van der Waals surface area (Å²) in [6.45, 7) is 5.36. The number of hydrogen-bond donors (Lipinski definition) is 1. The molecule has 0 spiro atoms. The van der Waals surface area contributed by atoms with Gasteiger partial charge in [0.1, 0.15) is 5.82 Å². The van der Waals surface area contributed by atoms with Crippen LogP contribution in [-0.4, -0.2) is 23.1 Å². The van der Waals surface area contributed by atoms with E-state index in [1.54, 1.807) is 6.20 Å². The molecular weight excluding hydrogens is 248 g/mol. The Morgan fingerprint density at radius 1 is 1.30 bits per heavy atom. The highest BCUT2D eigenvalue weighted by molar-refractivity contribution is 5.64. The van der Waals surface area contributed by atoms with Gasteiger partial charge < -0.3 is 10.2 Å². The molecule has 2 heterocycles. The van der Waals surface area contributed by atoms with E-state index in [1.807, 2.05) is 12.1 Å². The van der Waals surface area contributed by atoms with Crippen LogP contribution < -0.4 is 10.2 Å². The van der Waals surface area contributed by atoms with Crippen molar-refractivity contribution in [2.45, 2.75) is 12.8 Å². The molecule has 2 aromatic rings. The lowest BCUT2D eigenvalue weighted by molar-refractivity contribution is 0.750. The van der Waals surface area contributed by atoms with Gasteiger partial charge in [0, 0.05) is 25.0 Å². The summed E-state index contributed by atoms with van der Waals surface area (Å²) in [4.78, 5) is 11.2. The van der Waals surface area contributed by atoms with Gasteiger partial charge in [-0.15, -0.1) is 6.58 Å². The molecule has 1 N–H and O–H groups in total. The third-order valence-corrected chi connectivity index (χ3v) is 3.42. The molecular formula is C16H18N4.